The topological polar surface area (TPSA) is 39.1 Å². The summed E-state index contributed by atoms with van der Waals surface area (Å²) in [5.41, 5.74) is 1.55. The maximum Gasteiger partial charge on any atom is 0.0991 e. The minimum absolute atomic E-state index is 0.640. The molecule has 0 heterocycles. The van der Waals surface area contributed by atoms with Crippen LogP contribution in [0.5, 0.6) is 0 Å². The highest BCUT2D eigenvalue weighted by atomic mass is 35.5. The van der Waals surface area contributed by atoms with Gasteiger partial charge in [0.05, 0.1) is 17.3 Å². The van der Waals surface area contributed by atoms with Crippen molar-refractivity contribution in [1.82, 2.24) is 4.94 Å². The van der Waals surface area contributed by atoms with Crippen molar-refractivity contribution in [3.63, 3.8) is 0 Å². The van der Waals surface area contributed by atoms with Crippen molar-refractivity contribution in [3.05, 3.63) is 29.8 Å². The number of hydrogen-bond donors (Lipinski definition) is 1. The number of halogens is 1. The zero-order chi connectivity index (χ0) is 8.97. The van der Waals surface area contributed by atoms with Gasteiger partial charge in [0.25, 0.3) is 0 Å². The Morgan fingerprint density at radius 2 is 2.00 bits per heavy atom. The molecule has 0 saturated heterocycles. The van der Waals surface area contributed by atoms with Crippen LogP contribution in [0.3, 0.4) is 0 Å². The number of benzene rings is 1. The van der Waals surface area contributed by atoms with E-state index in [9.17, 15) is 0 Å². The van der Waals surface area contributed by atoms with Crippen LogP contribution in [0.15, 0.2) is 24.3 Å². The lowest BCUT2D eigenvalue weighted by Gasteiger charge is -2.14. The fraction of sp³-hybridized carbons (Fsp3) is 0.125. The normalized spacial score (nSPS) is 9.08. The van der Waals surface area contributed by atoms with Gasteiger partial charge in [-0.25, -0.2) is 0 Å². The summed E-state index contributed by atoms with van der Waals surface area (Å²) in [6.07, 6.45) is 0. The summed E-state index contributed by atoms with van der Waals surface area (Å²) in [7, 11) is 1.79. The Hall–Kier alpha value is -1.24. The fourth-order valence-electron chi connectivity index (χ4n) is 0.808. The largest absolute Gasteiger partial charge is 0.298 e. The molecule has 0 radical (unpaired) electrons. The van der Waals surface area contributed by atoms with E-state index in [0.29, 0.717) is 5.56 Å². The number of nitriles is 1. The molecule has 0 aliphatic carbocycles. The first kappa shape index (κ1) is 8.85. The summed E-state index contributed by atoms with van der Waals surface area (Å²) < 4.78 is 0. The molecule has 0 fully saturated rings. The first-order valence-corrected chi connectivity index (χ1v) is 3.76. The van der Waals surface area contributed by atoms with Gasteiger partial charge in [0.2, 0.25) is 0 Å². The van der Waals surface area contributed by atoms with Crippen LogP contribution in [0, 0.1) is 11.3 Å². The molecule has 0 amide bonds. The fourth-order valence-corrected chi connectivity index (χ4v) is 0.906. The van der Waals surface area contributed by atoms with E-state index in [1.807, 2.05) is 18.2 Å². The van der Waals surface area contributed by atoms with E-state index in [1.54, 1.807) is 24.2 Å². The Kier molecular flexibility index (Phi) is 2.92. The van der Waals surface area contributed by atoms with E-state index in [1.165, 1.54) is 0 Å². The molecule has 0 aliphatic rings. The molecule has 0 unspecified atom stereocenters. The minimum atomic E-state index is 0.640. The highest BCUT2D eigenvalue weighted by Crippen LogP contribution is 2.11. The summed E-state index contributed by atoms with van der Waals surface area (Å²) in [4.78, 5) is 2.44. The molecule has 3 nitrogen and oxygen atoms in total. The predicted octanol–water partition coefficient (Wildman–Crippen LogP) is 1.65. The maximum absolute atomic E-state index is 8.52. The van der Waals surface area contributed by atoms with Crippen molar-refractivity contribution in [2.24, 2.45) is 0 Å². The van der Waals surface area contributed by atoms with Gasteiger partial charge in [-0.3, -0.25) is 5.01 Å². The third-order valence-electron chi connectivity index (χ3n) is 1.51. The molecular weight excluding hydrogens is 174 g/mol. The van der Waals surface area contributed by atoms with Crippen LogP contribution in [-0.4, -0.2) is 7.05 Å². The average Bonchev–Trinajstić information content (AvgIpc) is 2.17. The van der Waals surface area contributed by atoms with Crippen molar-refractivity contribution in [2.75, 3.05) is 12.1 Å². The Morgan fingerprint density at radius 1 is 1.42 bits per heavy atom. The quantitative estimate of drug-likeness (QED) is 0.557. The third-order valence-corrected chi connectivity index (χ3v) is 1.76. The van der Waals surface area contributed by atoms with E-state index < -0.39 is 0 Å². The van der Waals surface area contributed by atoms with Gasteiger partial charge in [0.15, 0.2) is 0 Å². The summed E-state index contributed by atoms with van der Waals surface area (Å²) in [6.45, 7) is 0. The Balaban J connectivity index is 2.86. The Labute approximate surface area is 76.2 Å². The molecule has 0 spiro atoms. The lowest BCUT2D eigenvalue weighted by molar-refractivity contribution is 0.922. The van der Waals surface area contributed by atoms with Crippen LogP contribution in [-0.2, 0) is 0 Å². The van der Waals surface area contributed by atoms with Crippen molar-refractivity contribution < 1.29 is 0 Å². The molecular formula is C8H8ClN3. The number of hydrogen-bond acceptors (Lipinski definition) is 3. The highest BCUT2D eigenvalue weighted by Gasteiger charge is 1.97. The molecule has 1 aromatic carbocycles. The summed E-state index contributed by atoms with van der Waals surface area (Å²) >= 11 is 5.37. The molecule has 0 aromatic heterocycles. The number of nitrogens with zero attached hydrogens (tertiary/aromatic N) is 2. The van der Waals surface area contributed by atoms with Gasteiger partial charge >= 0.3 is 0 Å². The molecule has 1 rings (SSSR count). The van der Waals surface area contributed by atoms with Gasteiger partial charge in [-0.05, 0) is 36.0 Å². The SMILES string of the molecule is CN(NCl)c1ccc(C#N)cc1. The zero-order valence-electron chi connectivity index (χ0n) is 6.58. The van der Waals surface area contributed by atoms with Crippen LogP contribution in [0.1, 0.15) is 5.56 Å². The van der Waals surface area contributed by atoms with Crippen LogP contribution in [0.2, 0.25) is 0 Å². The second-order valence-electron chi connectivity index (χ2n) is 2.30. The van der Waals surface area contributed by atoms with Crippen molar-refractivity contribution in [2.45, 2.75) is 0 Å². The monoisotopic (exact) mass is 181 g/mol. The summed E-state index contributed by atoms with van der Waals surface area (Å²) in [5, 5.41) is 10.2. The zero-order valence-corrected chi connectivity index (χ0v) is 7.34. The number of rotatable bonds is 2. The molecule has 12 heavy (non-hydrogen) atoms. The van der Waals surface area contributed by atoms with Gasteiger partial charge < -0.3 is 0 Å². The number of anilines is 1. The van der Waals surface area contributed by atoms with Crippen LogP contribution in [0.4, 0.5) is 5.69 Å². The van der Waals surface area contributed by atoms with Crippen molar-refractivity contribution >= 4 is 17.5 Å². The second-order valence-corrected chi connectivity index (χ2v) is 2.47. The van der Waals surface area contributed by atoms with Crippen molar-refractivity contribution in [1.29, 1.82) is 5.26 Å². The van der Waals surface area contributed by atoms with E-state index >= 15 is 0 Å². The van der Waals surface area contributed by atoms with E-state index in [0.717, 1.165) is 5.69 Å². The first-order valence-electron chi connectivity index (χ1n) is 3.38. The minimum Gasteiger partial charge on any atom is -0.298 e. The lowest BCUT2D eigenvalue weighted by atomic mass is 10.2. The Bertz CT molecular complexity index is 288. The standard InChI is InChI=1S/C8H8ClN3/c1-12(11-9)8-4-2-7(6-10)3-5-8/h2-5,11H,1H3. The molecule has 0 aliphatic heterocycles. The van der Waals surface area contributed by atoms with Gasteiger partial charge in [-0.1, -0.05) is 0 Å². The van der Waals surface area contributed by atoms with E-state index in [-0.39, 0.29) is 0 Å². The summed E-state index contributed by atoms with van der Waals surface area (Å²) in [6, 6.07) is 9.14. The summed E-state index contributed by atoms with van der Waals surface area (Å²) in [5.74, 6) is 0. The van der Waals surface area contributed by atoms with E-state index in [4.69, 9.17) is 17.0 Å². The molecule has 0 bridgehead atoms. The van der Waals surface area contributed by atoms with Crippen LogP contribution < -0.4 is 9.95 Å². The molecule has 1 N–H and O–H groups in total. The first-order chi connectivity index (χ1) is 5.77. The van der Waals surface area contributed by atoms with Gasteiger partial charge in [0.1, 0.15) is 0 Å². The highest BCUT2D eigenvalue weighted by molar-refractivity contribution is 6.14. The van der Waals surface area contributed by atoms with Gasteiger partial charge in [-0.15, -0.1) is 4.94 Å². The van der Waals surface area contributed by atoms with Crippen LogP contribution >= 0.6 is 11.8 Å². The van der Waals surface area contributed by atoms with Gasteiger partial charge in [0, 0.05) is 7.05 Å². The van der Waals surface area contributed by atoms with Crippen LogP contribution in [0.25, 0.3) is 0 Å². The predicted molar refractivity (Wildman–Crippen MR) is 48.5 cm³/mol. The second kappa shape index (κ2) is 3.96. The average molecular weight is 182 g/mol. The molecule has 4 heteroatoms. The lowest BCUT2D eigenvalue weighted by Crippen LogP contribution is -2.25. The van der Waals surface area contributed by atoms with Crippen molar-refractivity contribution in [3.8, 4) is 6.07 Å². The third kappa shape index (κ3) is 1.88. The molecule has 0 atom stereocenters. The van der Waals surface area contributed by atoms with Gasteiger partial charge in [-0.2, -0.15) is 5.26 Å². The Morgan fingerprint density at radius 3 is 2.42 bits per heavy atom. The molecule has 0 saturated carbocycles. The smallest absolute Gasteiger partial charge is 0.0991 e. The number of nitrogens with one attached hydrogen (secondary N) is 1. The number of hydrazine groups is 1. The molecule has 62 valence electrons. The molecule has 1 aromatic rings. The van der Waals surface area contributed by atoms with E-state index in [2.05, 4.69) is 4.94 Å². The maximum atomic E-state index is 8.52.